The van der Waals surface area contributed by atoms with Crippen LogP contribution in [0.5, 0.6) is 0 Å². The Labute approximate surface area is 200 Å². The number of carbonyl (C=O) groups is 5. The topological polar surface area (TPSA) is 135 Å². The Morgan fingerprint density at radius 3 is 1.97 bits per heavy atom. The Morgan fingerprint density at radius 1 is 0.970 bits per heavy atom. The second-order valence-electron chi connectivity index (χ2n) is 9.12. The molecule has 1 saturated carbocycles. The van der Waals surface area contributed by atoms with Crippen molar-refractivity contribution in [2.45, 2.75) is 83.8 Å². The number of ether oxygens (including phenoxy) is 4. The zero-order chi connectivity index (χ0) is 25.1. The van der Waals surface area contributed by atoms with Gasteiger partial charge in [-0.05, 0) is 12.3 Å². The van der Waals surface area contributed by atoms with Crippen molar-refractivity contribution in [3.63, 3.8) is 0 Å². The first-order valence-corrected chi connectivity index (χ1v) is 11.5. The van der Waals surface area contributed by atoms with Crippen LogP contribution in [0, 0.1) is 11.3 Å². The van der Waals surface area contributed by atoms with E-state index in [0.717, 1.165) is 0 Å². The highest BCUT2D eigenvalue weighted by Crippen LogP contribution is 2.36. The minimum Gasteiger partial charge on any atom is -0.463 e. The van der Waals surface area contributed by atoms with Crippen LogP contribution in [-0.4, -0.2) is 71.2 Å². The molecule has 0 aromatic carbocycles. The predicted molar refractivity (Wildman–Crippen MR) is 119 cm³/mol. The van der Waals surface area contributed by atoms with E-state index in [2.05, 4.69) is 20.9 Å². The summed E-state index contributed by atoms with van der Waals surface area (Å²) in [4.78, 5) is 64.9. The molecule has 0 aromatic heterocycles. The van der Waals surface area contributed by atoms with E-state index in [1.807, 2.05) is 13.8 Å². The van der Waals surface area contributed by atoms with E-state index in [9.17, 15) is 24.0 Å². The fourth-order valence-electron chi connectivity index (χ4n) is 4.17. The van der Waals surface area contributed by atoms with E-state index in [0.29, 0.717) is 0 Å². The summed E-state index contributed by atoms with van der Waals surface area (Å²) in [5.74, 6) is -3.34. The number of hydrogen-bond acceptors (Lipinski definition) is 10. The summed E-state index contributed by atoms with van der Waals surface area (Å²) in [7, 11) is 0. The average Bonchev–Trinajstić information content (AvgIpc) is 2.62. The molecule has 33 heavy (non-hydrogen) atoms. The van der Waals surface area contributed by atoms with Crippen LogP contribution in [0.15, 0.2) is 4.99 Å². The number of carbonyl (C=O) groups excluding carboxylic acids is 5. The molecular formula is C22H30BrNO9. The molecule has 2 fully saturated rings. The van der Waals surface area contributed by atoms with Crippen LogP contribution in [-0.2, 0) is 42.9 Å². The molecule has 11 heteroatoms. The monoisotopic (exact) mass is 531 g/mol. The van der Waals surface area contributed by atoms with Gasteiger partial charge in [0, 0.05) is 39.3 Å². The summed E-state index contributed by atoms with van der Waals surface area (Å²) in [6.07, 6.45) is -2.73. The molecule has 0 N–H and O–H groups in total. The molecule has 0 amide bonds. The maximum absolute atomic E-state index is 12.7. The first kappa shape index (κ1) is 27.1. The van der Waals surface area contributed by atoms with Crippen LogP contribution >= 0.6 is 15.9 Å². The Kier molecular flexibility index (Phi) is 8.92. The summed E-state index contributed by atoms with van der Waals surface area (Å²) in [6, 6.07) is -0.942. The second-order valence-corrected chi connectivity index (χ2v) is 10.0. The molecule has 5 atom stereocenters. The van der Waals surface area contributed by atoms with Crippen LogP contribution in [0.2, 0.25) is 0 Å². The van der Waals surface area contributed by atoms with Crippen molar-refractivity contribution in [2.75, 3.05) is 6.61 Å². The average molecular weight is 532 g/mol. The first-order valence-electron chi connectivity index (χ1n) is 10.6. The first-order chi connectivity index (χ1) is 15.2. The number of nitrogens with zero attached hydrogens (tertiary/aromatic N) is 1. The minimum atomic E-state index is -1.14. The lowest BCUT2D eigenvalue weighted by Crippen LogP contribution is -2.59. The number of halogens is 1. The lowest BCUT2D eigenvalue weighted by molar-refractivity contribution is -0.207. The number of aliphatic imine (C=N–C) groups is 1. The van der Waals surface area contributed by atoms with E-state index in [-0.39, 0.29) is 36.7 Å². The number of hydrogen-bond donors (Lipinski definition) is 0. The molecule has 1 saturated heterocycles. The molecule has 2 aliphatic rings. The molecule has 0 radical (unpaired) electrons. The highest BCUT2D eigenvalue weighted by atomic mass is 79.9. The van der Waals surface area contributed by atoms with Gasteiger partial charge in [-0.25, -0.2) is 0 Å². The van der Waals surface area contributed by atoms with Gasteiger partial charge in [-0.1, -0.05) is 29.8 Å². The third-order valence-electron chi connectivity index (χ3n) is 5.38. The lowest BCUT2D eigenvalue weighted by Gasteiger charge is -2.42. The summed E-state index contributed by atoms with van der Waals surface area (Å²) >= 11 is 3.36. The highest BCUT2D eigenvalue weighted by molar-refractivity contribution is 9.09. The lowest BCUT2D eigenvalue weighted by atomic mass is 9.70. The van der Waals surface area contributed by atoms with Gasteiger partial charge in [-0.3, -0.25) is 29.0 Å². The molecule has 0 spiro atoms. The summed E-state index contributed by atoms with van der Waals surface area (Å²) < 4.78 is 21.7. The molecule has 184 valence electrons. The Morgan fingerprint density at radius 2 is 1.48 bits per heavy atom. The molecule has 1 aliphatic heterocycles. The molecule has 0 unspecified atom stereocenters. The van der Waals surface area contributed by atoms with Crippen LogP contribution in [0.1, 0.15) is 54.4 Å². The predicted octanol–water partition coefficient (Wildman–Crippen LogP) is 1.94. The van der Waals surface area contributed by atoms with E-state index in [1.165, 1.54) is 20.8 Å². The van der Waals surface area contributed by atoms with Crippen molar-refractivity contribution in [3.8, 4) is 0 Å². The maximum atomic E-state index is 12.7. The number of esters is 3. The highest BCUT2D eigenvalue weighted by Gasteiger charge is 2.50. The second kappa shape index (κ2) is 10.9. The van der Waals surface area contributed by atoms with Gasteiger partial charge in [-0.2, -0.15) is 0 Å². The fourth-order valence-corrected chi connectivity index (χ4v) is 4.87. The van der Waals surface area contributed by atoms with Crippen molar-refractivity contribution in [1.82, 2.24) is 0 Å². The van der Waals surface area contributed by atoms with E-state index < -0.39 is 58.6 Å². The number of alkyl halides is 1. The SMILES string of the molecule is CC(=O)OC[C@H]1O[C@H](Br)[C@H](N=C(C)C2C(=O)CC(C)(C)CC2=O)[C@@H](OC(C)=O)[C@@H]1OC(C)=O. The maximum Gasteiger partial charge on any atom is 0.303 e. The minimum absolute atomic E-state index is 0.228. The molecule has 10 nitrogen and oxygen atoms in total. The standard InChI is InChI=1S/C22H30BrNO9/c1-10(17-14(28)7-22(5,6)8-15(17)29)24-18-20(32-13(4)27)19(31-12(3)26)16(33-21(18)23)9-30-11(2)25/h16-21H,7-9H2,1-6H3/t16-,18-,19-,20-,21+/m1/s1. The smallest absolute Gasteiger partial charge is 0.303 e. The van der Waals surface area contributed by atoms with Gasteiger partial charge in [0.2, 0.25) is 0 Å². The quantitative estimate of drug-likeness (QED) is 0.165. The summed E-state index contributed by atoms with van der Waals surface area (Å²) in [5.41, 5.74) is -0.155. The number of rotatable bonds is 6. The zero-order valence-electron chi connectivity index (χ0n) is 19.6. The van der Waals surface area contributed by atoms with Gasteiger partial charge in [0.25, 0.3) is 0 Å². The van der Waals surface area contributed by atoms with Gasteiger partial charge in [0.15, 0.2) is 12.2 Å². The van der Waals surface area contributed by atoms with Gasteiger partial charge in [0.1, 0.15) is 41.3 Å². The van der Waals surface area contributed by atoms with Crippen molar-refractivity contribution < 1.29 is 42.9 Å². The van der Waals surface area contributed by atoms with Crippen molar-refractivity contribution in [3.05, 3.63) is 0 Å². The number of ketones is 2. The van der Waals surface area contributed by atoms with E-state index in [4.69, 9.17) is 18.9 Å². The van der Waals surface area contributed by atoms with E-state index >= 15 is 0 Å². The van der Waals surface area contributed by atoms with Gasteiger partial charge < -0.3 is 18.9 Å². The normalized spacial score (nSPS) is 30.5. The third kappa shape index (κ3) is 7.17. The van der Waals surface area contributed by atoms with Crippen LogP contribution in [0.4, 0.5) is 0 Å². The van der Waals surface area contributed by atoms with Gasteiger partial charge in [0.05, 0.1) is 0 Å². The Balaban J connectivity index is 2.41. The molecule has 1 aliphatic carbocycles. The largest absolute Gasteiger partial charge is 0.463 e. The fraction of sp³-hybridized carbons (Fsp3) is 0.727. The van der Waals surface area contributed by atoms with Crippen LogP contribution in [0.25, 0.3) is 0 Å². The van der Waals surface area contributed by atoms with Crippen molar-refractivity contribution in [1.29, 1.82) is 0 Å². The van der Waals surface area contributed by atoms with Crippen molar-refractivity contribution >= 4 is 51.1 Å². The summed E-state index contributed by atoms with van der Waals surface area (Å²) in [5, 5.41) is -0.852. The zero-order valence-corrected chi connectivity index (χ0v) is 21.2. The summed E-state index contributed by atoms with van der Waals surface area (Å²) in [6.45, 7) is 8.62. The molecule has 2 rings (SSSR count). The van der Waals surface area contributed by atoms with Crippen LogP contribution in [0.3, 0.4) is 0 Å². The van der Waals surface area contributed by atoms with Gasteiger partial charge >= 0.3 is 17.9 Å². The Hall–Kier alpha value is -2.14. The van der Waals surface area contributed by atoms with Crippen molar-refractivity contribution in [2.24, 2.45) is 16.3 Å². The molecular weight excluding hydrogens is 502 g/mol. The third-order valence-corrected chi connectivity index (χ3v) is 6.13. The molecule has 0 aromatic rings. The Bertz CT molecular complexity index is 833. The van der Waals surface area contributed by atoms with Gasteiger partial charge in [-0.15, -0.1) is 0 Å². The van der Waals surface area contributed by atoms with Crippen LogP contribution < -0.4 is 0 Å². The number of Topliss-reactive ketones (excluding diaryl/α,β-unsaturated/α-hetero) is 2. The molecule has 0 bridgehead atoms. The molecule has 1 heterocycles. The van der Waals surface area contributed by atoms with E-state index in [1.54, 1.807) is 6.92 Å².